The third-order valence-electron chi connectivity index (χ3n) is 3.68. The molecule has 0 amide bonds. The standard InChI is InChI=1S/C20H19F3O3/c21-14-2-1-3-15-6-11-18(12-7-15)26-20(22,23)17-9-4-16(5-10-17)8-13-19(24)25/h4-13H,1-3,14H2,(H,24,25). The Hall–Kier alpha value is -2.76. The summed E-state index contributed by atoms with van der Waals surface area (Å²) in [5, 5.41) is 8.56. The van der Waals surface area contributed by atoms with Crippen LogP contribution in [-0.2, 0) is 17.3 Å². The second-order valence-corrected chi connectivity index (χ2v) is 5.70. The highest BCUT2D eigenvalue weighted by molar-refractivity contribution is 5.85. The molecule has 0 aliphatic carbocycles. The number of halogens is 3. The normalized spacial score (nSPS) is 11.7. The second kappa shape index (κ2) is 9.08. The number of rotatable bonds is 9. The number of carboxylic acids is 1. The van der Waals surface area contributed by atoms with Crippen LogP contribution in [-0.4, -0.2) is 17.8 Å². The van der Waals surface area contributed by atoms with E-state index >= 15 is 0 Å². The van der Waals surface area contributed by atoms with Crippen molar-refractivity contribution in [1.82, 2.24) is 0 Å². The summed E-state index contributed by atoms with van der Waals surface area (Å²) in [5.74, 6) is -1.09. The first-order chi connectivity index (χ1) is 12.4. The lowest BCUT2D eigenvalue weighted by Crippen LogP contribution is -2.21. The first kappa shape index (κ1) is 19.6. The Morgan fingerprint density at radius 2 is 1.69 bits per heavy atom. The van der Waals surface area contributed by atoms with Crippen molar-refractivity contribution in [3.8, 4) is 5.75 Å². The van der Waals surface area contributed by atoms with Crippen molar-refractivity contribution in [2.24, 2.45) is 0 Å². The molecule has 1 N–H and O–H groups in total. The number of hydrogen-bond acceptors (Lipinski definition) is 2. The number of alkyl halides is 3. The van der Waals surface area contributed by atoms with Gasteiger partial charge < -0.3 is 9.84 Å². The van der Waals surface area contributed by atoms with E-state index in [1.165, 1.54) is 42.5 Å². The smallest absolute Gasteiger partial charge is 0.426 e. The highest BCUT2D eigenvalue weighted by Gasteiger charge is 2.34. The van der Waals surface area contributed by atoms with Gasteiger partial charge >= 0.3 is 12.1 Å². The molecule has 0 fully saturated rings. The van der Waals surface area contributed by atoms with Crippen molar-refractivity contribution < 1.29 is 27.8 Å². The van der Waals surface area contributed by atoms with Crippen molar-refractivity contribution in [3.05, 3.63) is 71.3 Å². The zero-order chi connectivity index (χ0) is 19.0. The van der Waals surface area contributed by atoms with Crippen LogP contribution < -0.4 is 4.74 Å². The Bertz CT molecular complexity index is 738. The van der Waals surface area contributed by atoms with Gasteiger partial charge in [0.05, 0.1) is 12.2 Å². The van der Waals surface area contributed by atoms with E-state index in [-0.39, 0.29) is 18.0 Å². The van der Waals surface area contributed by atoms with Crippen LogP contribution in [0.4, 0.5) is 13.2 Å². The fourth-order valence-corrected chi connectivity index (χ4v) is 2.31. The lowest BCUT2D eigenvalue weighted by Gasteiger charge is -2.18. The van der Waals surface area contributed by atoms with Gasteiger partial charge in [0, 0.05) is 6.08 Å². The number of aliphatic carboxylic acids is 1. The van der Waals surface area contributed by atoms with E-state index in [0.717, 1.165) is 11.6 Å². The summed E-state index contributed by atoms with van der Waals surface area (Å²) in [5.41, 5.74) is 1.09. The minimum absolute atomic E-state index is 0.0269. The largest absolute Gasteiger partial charge is 0.478 e. The molecule has 0 bridgehead atoms. The van der Waals surface area contributed by atoms with Gasteiger partial charge in [0.25, 0.3) is 0 Å². The molecule has 0 heterocycles. The zero-order valence-corrected chi connectivity index (χ0v) is 14.0. The number of carboxylic acid groups (broad SMARTS) is 1. The zero-order valence-electron chi connectivity index (χ0n) is 14.0. The Kier molecular flexibility index (Phi) is 6.83. The van der Waals surface area contributed by atoms with Crippen LogP contribution in [0, 0.1) is 0 Å². The maximum Gasteiger partial charge on any atom is 0.426 e. The molecule has 2 aromatic rings. The number of unbranched alkanes of at least 4 members (excludes halogenated alkanes) is 1. The van der Waals surface area contributed by atoms with E-state index in [2.05, 4.69) is 0 Å². The molecule has 2 aromatic carbocycles. The van der Waals surface area contributed by atoms with Crippen LogP contribution in [0.3, 0.4) is 0 Å². The Labute approximate surface area is 149 Å². The van der Waals surface area contributed by atoms with Gasteiger partial charge in [0.2, 0.25) is 0 Å². The molecule has 3 nitrogen and oxygen atoms in total. The molecule has 0 atom stereocenters. The third-order valence-corrected chi connectivity index (χ3v) is 3.68. The molecule has 0 saturated carbocycles. The van der Waals surface area contributed by atoms with Gasteiger partial charge in [-0.25, -0.2) is 4.79 Å². The Balaban J connectivity index is 2.02. The Morgan fingerprint density at radius 3 is 2.27 bits per heavy atom. The van der Waals surface area contributed by atoms with Crippen molar-refractivity contribution in [2.75, 3.05) is 6.67 Å². The molecule has 0 spiro atoms. The lowest BCUT2D eigenvalue weighted by atomic mass is 10.1. The first-order valence-corrected chi connectivity index (χ1v) is 8.14. The van der Waals surface area contributed by atoms with Gasteiger partial charge in [0.1, 0.15) is 5.75 Å². The molecule has 0 aliphatic heterocycles. The summed E-state index contributed by atoms with van der Waals surface area (Å²) >= 11 is 0. The molecular weight excluding hydrogens is 345 g/mol. The summed E-state index contributed by atoms with van der Waals surface area (Å²) in [6.07, 6.45) is 0.589. The maximum absolute atomic E-state index is 14.3. The molecular formula is C20H19F3O3. The van der Waals surface area contributed by atoms with E-state index in [1.807, 2.05) is 0 Å². The molecule has 0 aromatic heterocycles. The van der Waals surface area contributed by atoms with E-state index in [0.29, 0.717) is 24.8 Å². The van der Waals surface area contributed by atoms with E-state index < -0.39 is 12.1 Å². The number of benzene rings is 2. The fraction of sp³-hybridized carbons (Fsp3) is 0.250. The molecule has 0 radical (unpaired) electrons. The third kappa shape index (κ3) is 5.95. The molecule has 138 valence electrons. The summed E-state index contributed by atoms with van der Waals surface area (Å²) in [4.78, 5) is 10.5. The quantitative estimate of drug-likeness (QED) is 0.491. The average molecular weight is 364 g/mol. The van der Waals surface area contributed by atoms with Crippen LogP contribution in [0.1, 0.15) is 29.5 Å². The van der Waals surface area contributed by atoms with Crippen molar-refractivity contribution >= 4 is 12.0 Å². The molecule has 26 heavy (non-hydrogen) atoms. The van der Waals surface area contributed by atoms with E-state index in [1.54, 1.807) is 12.1 Å². The topological polar surface area (TPSA) is 46.5 Å². The summed E-state index contributed by atoms with van der Waals surface area (Å²) < 4.78 is 45.4. The van der Waals surface area contributed by atoms with E-state index in [4.69, 9.17) is 9.84 Å². The number of hydrogen-bond donors (Lipinski definition) is 1. The van der Waals surface area contributed by atoms with Crippen LogP contribution in [0.25, 0.3) is 6.08 Å². The number of aryl methyl sites for hydroxylation is 1. The van der Waals surface area contributed by atoms with Gasteiger partial charge in [-0.2, -0.15) is 8.78 Å². The molecule has 0 unspecified atom stereocenters. The summed E-state index contributed by atoms with van der Waals surface area (Å²) in [6.45, 7) is -0.363. The minimum Gasteiger partial charge on any atom is -0.478 e. The highest BCUT2D eigenvalue weighted by Crippen LogP contribution is 2.32. The number of ether oxygens (including phenoxy) is 1. The predicted octanol–water partition coefficient (Wildman–Crippen LogP) is 5.20. The second-order valence-electron chi connectivity index (χ2n) is 5.70. The van der Waals surface area contributed by atoms with Crippen molar-refractivity contribution in [2.45, 2.75) is 25.4 Å². The van der Waals surface area contributed by atoms with Crippen molar-refractivity contribution in [1.29, 1.82) is 0 Å². The van der Waals surface area contributed by atoms with Gasteiger partial charge in [-0.1, -0.05) is 24.3 Å². The summed E-state index contributed by atoms with van der Waals surface area (Å²) in [7, 11) is 0. The van der Waals surface area contributed by atoms with Gasteiger partial charge in [-0.15, -0.1) is 0 Å². The van der Waals surface area contributed by atoms with Crippen LogP contribution >= 0.6 is 0 Å². The summed E-state index contributed by atoms with van der Waals surface area (Å²) in [6, 6.07) is 11.4. The molecule has 0 aliphatic rings. The lowest BCUT2D eigenvalue weighted by molar-refractivity contribution is -0.185. The van der Waals surface area contributed by atoms with E-state index in [9.17, 15) is 18.0 Å². The van der Waals surface area contributed by atoms with Gasteiger partial charge in [-0.3, -0.25) is 4.39 Å². The van der Waals surface area contributed by atoms with Crippen LogP contribution in [0.15, 0.2) is 54.6 Å². The fourth-order valence-electron chi connectivity index (χ4n) is 2.31. The predicted molar refractivity (Wildman–Crippen MR) is 93.0 cm³/mol. The molecule has 0 saturated heterocycles. The highest BCUT2D eigenvalue weighted by atomic mass is 19.3. The average Bonchev–Trinajstić information content (AvgIpc) is 2.62. The monoisotopic (exact) mass is 364 g/mol. The maximum atomic E-state index is 14.3. The Morgan fingerprint density at radius 1 is 1.04 bits per heavy atom. The molecule has 6 heteroatoms. The minimum atomic E-state index is -3.52. The number of carbonyl (C=O) groups is 1. The first-order valence-electron chi connectivity index (χ1n) is 8.14. The van der Waals surface area contributed by atoms with Crippen LogP contribution in [0.2, 0.25) is 0 Å². The molecule has 2 rings (SSSR count). The van der Waals surface area contributed by atoms with Crippen molar-refractivity contribution in [3.63, 3.8) is 0 Å². The van der Waals surface area contributed by atoms with Crippen LogP contribution in [0.5, 0.6) is 5.75 Å². The van der Waals surface area contributed by atoms with Gasteiger partial charge in [0.15, 0.2) is 0 Å². The van der Waals surface area contributed by atoms with Gasteiger partial charge in [-0.05, 0) is 60.7 Å². The SMILES string of the molecule is O=C(O)C=Cc1ccc(C(F)(F)Oc2ccc(CCCCF)cc2)cc1.